The number of nitrogens with one attached hydrogen (secondary N) is 1. The van der Waals surface area contributed by atoms with Crippen molar-refractivity contribution < 1.29 is 18.3 Å². The van der Waals surface area contributed by atoms with E-state index in [0.717, 1.165) is 35.7 Å². The molecule has 0 aliphatic carbocycles. The number of rotatable bonds is 7. The van der Waals surface area contributed by atoms with Gasteiger partial charge in [0.1, 0.15) is 18.3 Å². The Bertz CT molecular complexity index is 1910. The highest BCUT2D eigenvalue weighted by atomic mass is 35.5. The van der Waals surface area contributed by atoms with Crippen molar-refractivity contribution >= 4 is 39.3 Å². The fourth-order valence-corrected chi connectivity index (χ4v) is 7.82. The molecule has 1 amide bonds. The number of nitriles is 1. The van der Waals surface area contributed by atoms with Crippen molar-refractivity contribution in [1.82, 2.24) is 30.1 Å². The predicted molar refractivity (Wildman–Crippen MR) is 171 cm³/mol. The summed E-state index contributed by atoms with van der Waals surface area (Å²) < 4.78 is 35.2. The SMILES string of the molecule is C=C(F)C(=O)N1CCNCC1(CC#N)c1nc(OC[C@@]23CCCN2C[C@H](F)C3)nc2nc(-c3cccc4cccc(Cl)c34)ccc12. The van der Waals surface area contributed by atoms with E-state index in [-0.39, 0.29) is 37.8 Å². The summed E-state index contributed by atoms with van der Waals surface area (Å²) in [7, 11) is 0. The highest BCUT2D eigenvalue weighted by Gasteiger charge is 2.50. The normalized spacial score (nSPS) is 24.7. The first kappa shape index (κ1) is 30.4. The zero-order valence-electron chi connectivity index (χ0n) is 25.1. The Morgan fingerprint density at radius 1 is 1.17 bits per heavy atom. The van der Waals surface area contributed by atoms with E-state index in [0.29, 0.717) is 41.3 Å². The van der Waals surface area contributed by atoms with Crippen LogP contribution in [0.4, 0.5) is 8.78 Å². The third kappa shape index (κ3) is 5.05. The van der Waals surface area contributed by atoms with Gasteiger partial charge in [0.2, 0.25) is 0 Å². The van der Waals surface area contributed by atoms with Crippen molar-refractivity contribution in [3.05, 3.63) is 71.7 Å². The van der Waals surface area contributed by atoms with Crippen LogP contribution < -0.4 is 10.1 Å². The Hall–Kier alpha value is -4.24. The first-order valence-electron chi connectivity index (χ1n) is 15.4. The maximum Gasteiger partial charge on any atom is 0.318 e. The summed E-state index contributed by atoms with van der Waals surface area (Å²) in [5.74, 6) is -2.05. The van der Waals surface area contributed by atoms with Gasteiger partial charge in [0.05, 0.1) is 29.4 Å². The minimum Gasteiger partial charge on any atom is -0.461 e. The molecule has 9 nitrogen and oxygen atoms in total. The number of hydrogen-bond donors (Lipinski definition) is 1. The summed E-state index contributed by atoms with van der Waals surface area (Å²) in [4.78, 5) is 31.1. The Kier molecular flexibility index (Phi) is 7.83. The lowest BCUT2D eigenvalue weighted by atomic mass is 9.85. The molecule has 0 spiro atoms. The van der Waals surface area contributed by atoms with Gasteiger partial charge in [-0.2, -0.15) is 15.2 Å². The van der Waals surface area contributed by atoms with Gasteiger partial charge in [-0.15, -0.1) is 0 Å². The predicted octanol–water partition coefficient (Wildman–Crippen LogP) is 5.48. The first-order chi connectivity index (χ1) is 22.2. The average Bonchev–Trinajstić information content (AvgIpc) is 3.58. The van der Waals surface area contributed by atoms with Crippen molar-refractivity contribution in [2.75, 3.05) is 39.3 Å². The van der Waals surface area contributed by atoms with Gasteiger partial charge in [-0.3, -0.25) is 9.69 Å². The zero-order chi connectivity index (χ0) is 32.1. The van der Waals surface area contributed by atoms with Gasteiger partial charge in [-0.25, -0.2) is 13.8 Å². The van der Waals surface area contributed by atoms with Crippen molar-refractivity contribution in [3.8, 4) is 23.3 Å². The minimum atomic E-state index is -1.38. The van der Waals surface area contributed by atoms with Gasteiger partial charge in [-0.05, 0) is 43.0 Å². The molecule has 3 saturated heterocycles. The largest absolute Gasteiger partial charge is 0.461 e. The van der Waals surface area contributed by atoms with Crippen molar-refractivity contribution in [1.29, 1.82) is 5.26 Å². The molecule has 2 aromatic heterocycles. The third-order valence-electron chi connectivity index (χ3n) is 9.64. The van der Waals surface area contributed by atoms with E-state index in [9.17, 15) is 18.8 Å². The minimum absolute atomic E-state index is 0.0130. The summed E-state index contributed by atoms with van der Waals surface area (Å²) in [6.45, 7) is 5.23. The van der Waals surface area contributed by atoms with Crippen LogP contribution in [0, 0.1) is 11.3 Å². The number of alkyl halides is 1. The molecule has 46 heavy (non-hydrogen) atoms. The Balaban J connectivity index is 1.40. The number of fused-ring (bicyclic) bond motifs is 3. The van der Waals surface area contributed by atoms with Gasteiger partial charge in [0, 0.05) is 54.0 Å². The number of hydrogen-bond acceptors (Lipinski definition) is 8. The maximum atomic E-state index is 14.5. The summed E-state index contributed by atoms with van der Waals surface area (Å²) in [5.41, 5.74) is 0.133. The van der Waals surface area contributed by atoms with Gasteiger partial charge in [0.15, 0.2) is 11.5 Å². The van der Waals surface area contributed by atoms with Crippen LogP contribution in [0.15, 0.2) is 60.9 Å². The number of amides is 1. The van der Waals surface area contributed by atoms with Crippen LogP contribution in [0.1, 0.15) is 31.4 Å². The lowest BCUT2D eigenvalue weighted by Gasteiger charge is -2.45. The quantitative estimate of drug-likeness (QED) is 0.264. The molecule has 0 radical (unpaired) electrons. The highest BCUT2D eigenvalue weighted by molar-refractivity contribution is 6.36. The number of carbonyl (C=O) groups excluding carboxylic acids is 1. The molecule has 236 valence electrons. The molecular formula is C34H32ClF2N7O2. The van der Waals surface area contributed by atoms with E-state index >= 15 is 0 Å². The van der Waals surface area contributed by atoms with E-state index in [2.05, 4.69) is 22.9 Å². The second kappa shape index (κ2) is 11.8. The van der Waals surface area contributed by atoms with Gasteiger partial charge in [-0.1, -0.05) is 48.5 Å². The smallest absolute Gasteiger partial charge is 0.318 e. The molecule has 3 aliphatic rings. The molecule has 3 aliphatic heterocycles. The molecule has 0 saturated carbocycles. The van der Waals surface area contributed by atoms with Gasteiger partial charge < -0.3 is 15.0 Å². The molecule has 0 bridgehead atoms. The summed E-state index contributed by atoms with van der Waals surface area (Å²) >= 11 is 6.65. The number of piperazine rings is 1. The Labute approximate surface area is 269 Å². The Morgan fingerprint density at radius 3 is 2.80 bits per heavy atom. The fourth-order valence-electron chi connectivity index (χ4n) is 7.54. The zero-order valence-corrected chi connectivity index (χ0v) is 25.9. The maximum absolute atomic E-state index is 14.5. The van der Waals surface area contributed by atoms with Crippen molar-refractivity contribution in [2.45, 2.75) is 42.9 Å². The lowest BCUT2D eigenvalue weighted by molar-refractivity contribution is -0.137. The van der Waals surface area contributed by atoms with E-state index in [1.54, 1.807) is 6.07 Å². The van der Waals surface area contributed by atoms with Crippen molar-refractivity contribution in [3.63, 3.8) is 0 Å². The number of ether oxygens (including phenoxy) is 1. The molecule has 1 unspecified atom stereocenters. The standard InChI is InChI=1S/C34H32ClF2N7O2/c1-21(36)31(45)44-16-14-39-19-34(44,12-13-38)29-25-9-10-27(24-7-2-5-22-6-3-8-26(35)28(22)24)40-30(25)42-32(41-29)46-20-33-11-4-15-43(33)18-23(37)17-33/h2-3,5-10,23,39H,1,4,11-12,14-20H2/t23-,33+,34?/m1/s1. The number of aromatic nitrogens is 3. The van der Waals surface area contributed by atoms with Crippen LogP contribution in [0.5, 0.6) is 6.01 Å². The van der Waals surface area contributed by atoms with Gasteiger partial charge in [0.25, 0.3) is 5.91 Å². The molecule has 5 heterocycles. The molecule has 4 aromatic rings. The van der Waals surface area contributed by atoms with E-state index in [4.69, 9.17) is 31.3 Å². The Morgan fingerprint density at radius 2 is 2.00 bits per heavy atom. The van der Waals surface area contributed by atoms with Gasteiger partial charge >= 0.3 is 6.01 Å². The van der Waals surface area contributed by atoms with Crippen LogP contribution >= 0.6 is 11.6 Å². The second-order valence-corrected chi connectivity index (χ2v) is 12.7. The average molecular weight is 644 g/mol. The number of carbonyl (C=O) groups is 1. The van der Waals surface area contributed by atoms with E-state index in [1.165, 1.54) is 4.90 Å². The lowest BCUT2D eigenvalue weighted by Crippen LogP contribution is -2.61. The number of benzene rings is 2. The molecule has 12 heteroatoms. The third-order valence-corrected chi connectivity index (χ3v) is 9.95. The summed E-state index contributed by atoms with van der Waals surface area (Å²) in [6, 6.07) is 17.3. The van der Waals surface area contributed by atoms with Crippen LogP contribution in [-0.2, 0) is 10.3 Å². The van der Waals surface area contributed by atoms with Crippen LogP contribution in [0.2, 0.25) is 5.02 Å². The summed E-state index contributed by atoms with van der Waals surface area (Å²) in [6.07, 6.45) is 0.975. The molecule has 2 aromatic carbocycles. The summed E-state index contributed by atoms with van der Waals surface area (Å²) in [5, 5.41) is 16.1. The monoisotopic (exact) mass is 643 g/mol. The molecule has 3 fully saturated rings. The molecule has 1 N–H and O–H groups in total. The van der Waals surface area contributed by atoms with Crippen LogP contribution in [-0.4, -0.2) is 81.7 Å². The van der Waals surface area contributed by atoms with Crippen molar-refractivity contribution in [2.24, 2.45) is 0 Å². The molecule has 3 atom stereocenters. The molecule has 7 rings (SSSR count). The topological polar surface area (TPSA) is 107 Å². The number of halogens is 3. The second-order valence-electron chi connectivity index (χ2n) is 12.3. The first-order valence-corrected chi connectivity index (χ1v) is 15.8. The van der Waals surface area contributed by atoms with E-state index in [1.807, 2.05) is 42.5 Å². The van der Waals surface area contributed by atoms with Crippen LogP contribution in [0.3, 0.4) is 0 Å². The number of nitrogens with zero attached hydrogens (tertiary/aromatic N) is 6. The molecular weight excluding hydrogens is 612 g/mol. The highest BCUT2D eigenvalue weighted by Crippen LogP contribution is 2.42. The number of pyridine rings is 1. The van der Waals surface area contributed by atoms with E-state index < -0.39 is 29.0 Å². The fraction of sp³-hybridized carbons (Fsp3) is 0.382. The van der Waals surface area contributed by atoms with Crippen LogP contribution in [0.25, 0.3) is 33.1 Å².